The predicted molar refractivity (Wildman–Crippen MR) is 64.2 cm³/mol. The quantitative estimate of drug-likeness (QED) is 0.769. The molecule has 94 valence electrons. The summed E-state index contributed by atoms with van der Waals surface area (Å²) in [6, 6.07) is 8.99. The zero-order valence-corrected chi connectivity index (χ0v) is 9.61. The standard InChI is InChI=1S/C12H8N4O3/c17-11(14-8-4-2-1-3-5-8)12-15-10(16-19-12)9-6-18-7-13-9/h1-7H,(H,14,17). The van der Waals surface area contributed by atoms with E-state index in [0.29, 0.717) is 11.4 Å². The van der Waals surface area contributed by atoms with Crippen LogP contribution in [0.2, 0.25) is 0 Å². The summed E-state index contributed by atoms with van der Waals surface area (Å²) in [7, 11) is 0. The molecule has 7 nitrogen and oxygen atoms in total. The molecular weight excluding hydrogens is 248 g/mol. The molecule has 0 radical (unpaired) electrons. The molecule has 2 aromatic heterocycles. The number of carbonyl (C=O) groups is 1. The molecule has 0 bridgehead atoms. The Kier molecular flexibility index (Phi) is 2.77. The van der Waals surface area contributed by atoms with Gasteiger partial charge in [-0.05, 0) is 12.1 Å². The number of anilines is 1. The number of para-hydroxylation sites is 1. The number of rotatable bonds is 3. The van der Waals surface area contributed by atoms with Crippen molar-refractivity contribution in [3.8, 4) is 11.5 Å². The fourth-order valence-corrected chi connectivity index (χ4v) is 1.45. The average molecular weight is 256 g/mol. The van der Waals surface area contributed by atoms with Gasteiger partial charge in [-0.2, -0.15) is 4.98 Å². The zero-order valence-electron chi connectivity index (χ0n) is 9.61. The Morgan fingerprint density at radius 3 is 2.79 bits per heavy atom. The van der Waals surface area contributed by atoms with E-state index in [9.17, 15) is 4.79 Å². The maximum atomic E-state index is 11.8. The van der Waals surface area contributed by atoms with Crippen LogP contribution in [0.3, 0.4) is 0 Å². The Morgan fingerprint density at radius 1 is 1.21 bits per heavy atom. The fraction of sp³-hybridized carbons (Fsp3) is 0. The highest BCUT2D eigenvalue weighted by Gasteiger charge is 2.17. The maximum Gasteiger partial charge on any atom is 0.316 e. The van der Waals surface area contributed by atoms with Crippen molar-refractivity contribution in [3.05, 3.63) is 48.9 Å². The first-order valence-electron chi connectivity index (χ1n) is 5.41. The largest absolute Gasteiger partial charge is 0.451 e. The number of amides is 1. The van der Waals surface area contributed by atoms with Crippen molar-refractivity contribution in [2.45, 2.75) is 0 Å². The minimum Gasteiger partial charge on any atom is -0.451 e. The van der Waals surface area contributed by atoms with Crippen molar-refractivity contribution < 1.29 is 13.7 Å². The molecule has 0 saturated heterocycles. The Balaban J connectivity index is 1.78. The molecule has 0 aliphatic heterocycles. The van der Waals surface area contributed by atoms with Crippen LogP contribution in [0.25, 0.3) is 11.5 Å². The monoisotopic (exact) mass is 256 g/mol. The number of nitrogens with zero attached hydrogens (tertiary/aromatic N) is 3. The first-order valence-corrected chi connectivity index (χ1v) is 5.41. The predicted octanol–water partition coefficient (Wildman–Crippen LogP) is 1.98. The van der Waals surface area contributed by atoms with E-state index in [4.69, 9.17) is 8.94 Å². The minimum absolute atomic E-state index is 0.137. The van der Waals surface area contributed by atoms with Gasteiger partial charge in [-0.1, -0.05) is 23.4 Å². The summed E-state index contributed by atoms with van der Waals surface area (Å²) in [6.45, 7) is 0. The van der Waals surface area contributed by atoms with Crippen LogP contribution in [0.15, 0.2) is 51.9 Å². The first-order chi connectivity index (χ1) is 9.33. The number of benzene rings is 1. The van der Waals surface area contributed by atoms with Crippen LogP contribution in [-0.4, -0.2) is 21.0 Å². The minimum atomic E-state index is -0.478. The molecule has 3 aromatic rings. The zero-order chi connectivity index (χ0) is 13.1. The molecule has 0 atom stereocenters. The summed E-state index contributed by atoms with van der Waals surface area (Å²) < 4.78 is 9.67. The Labute approximate surface area is 107 Å². The summed E-state index contributed by atoms with van der Waals surface area (Å²) in [5, 5.41) is 6.29. The molecular formula is C12H8N4O3. The van der Waals surface area contributed by atoms with E-state index in [-0.39, 0.29) is 11.7 Å². The van der Waals surface area contributed by atoms with Gasteiger partial charge in [-0.25, -0.2) is 4.98 Å². The van der Waals surface area contributed by atoms with Crippen LogP contribution in [-0.2, 0) is 0 Å². The molecule has 7 heteroatoms. The second-order valence-electron chi connectivity index (χ2n) is 3.62. The van der Waals surface area contributed by atoms with Gasteiger partial charge in [0.15, 0.2) is 6.39 Å². The van der Waals surface area contributed by atoms with Crippen molar-refractivity contribution >= 4 is 11.6 Å². The lowest BCUT2D eigenvalue weighted by molar-refractivity contribution is 0.0981. The van der Waals surface area contributed by atoms with Crippen LogP contribution in [0.5, 0.6) is 0 Å². The molecule has 0 aliphatic carbocycles. The molecule has 0 spiro atoms. The van der Waals surface area contributed by atoms with Gasteiger partial charge in [0.1, 0.15) is 12.0 Å². The van der Waals surface area contributed by atoms with E-state index in [1.54, 1.807) is 12.1 Å². The number of aromatic nitrogens is 3. The smallest absolute Gasteiger partial charge is 0.316 e. The van der Waals surface area contributed by atoms with Crippen LogP contribution >= 0.6 is 0 Å². The molecule has 0 unspecified atom stereocenters. The van der Waals surface area contributed by atoms with Crippen LogP contribution < -0.4 is 5.32 Å². The third-order valence-electron chi connectivity index (χ3n) is 2.31. The summed E-state index contributed by atoms with van der Waals surface area (Å²) in [5.74, 6) is -0.415. The Hall–Kier alpha value is -2.96. The highest BCUT2D eigenvalue weighted by atomic mass is 16.5. The average Bonchev–Trinajstić information content (AvgIpc) is 3.11. The topological polar surface area (TPSA) is 94.1 Å². The van der Waals surface area contributed by atoms with Crippen molar-refractivity contribution in [1.82, 2.24) is 15.1 Å². The molecule has 3 rings (SSSR count). The highest BCUT2D eigenvalue weighted by Crippen LogP contribution is 2.13. The SMILES string of the molecule is O=C(Nc1ccccc1)c1nc(-c2cocn2)no1. The van der Waals surface area contributed by atoms with Crippen LogP contribution in [0, 0.1) is 0 Å². The van der Waals surface area contributed by atoms with Gasteiger partial charge in [-0.15, -0.1) is 0 Å². The fourth-order valence-electron chi connectivity index (χ4n) is 1.45. The van der Waals surface area contributed by atoms with Crippen LogP contribution in [0.1, 0.15) is 10.7 Å². The van der Waals surface area contributed by atoms with Gasteiger partial charge in [0.25, 0.3) is 0 Å². The molecule has 0 aliphatic rings. The van der Waals surface area contributed by atoms with E-state index >= 15 is 0 Å². The van der Waals surface area contributed by atoms with E-state index in [1.807, 2.05) is 18.2 Å². The molecule has 1 aromatic carbocycles. The number of hydrogen-bond acceptors (Lipinski definition) is 6. The Morgan fingerprint density at radius 2 is 2.05 bits per heavy atom. The third-order valence-corrected chi connectivity index (χ3v) is 2.31. The number of carbonyl (C=O) groups excluding carboxylic acids is 1. The highest BCUT2D eigenvalue weighted by molar-refractivity contribution is 6.01. The molecule has 2 heterocycles. The lowest BCUT2D eigenvalue weighted by Crippen LogP contribution is -2.12. The second-order valence-corrected chi connectivity index (χ2v) is 3.62. The van der Waals surface area contributed by atoms with Gasteiger partial charge in [0.2, 0.25) is 5.82 Å². The first kappa shape index (κ1) is 11.1. The van der Waals surface area contributed by atoms with Crippen LogP contribution in [0.4, 0.5) is 5.69 Å². The van der Waals surface area contributed by atoms with Gasteiger partial charge in [0, 0.05) is 5.69 Å². The lowest BCUT2D eigenvalue weighted by atomic mass is 10.3. The third kappa shape index (κ3) is 2.34. The van der Waals surface area contributed by atoms with E-state index in [0.717, 1.165) is 0 Å². The number of oxazole rings is 1. The number of nitrogens with one attached hydrogen (secondary N) is 1. The molecule has 1 amide bonds. The Bertz CT molecular complexity index is 676. The summed E-state index contributed by atoms with van der Waals surface area (Å²) >= 11 is 0. The second kappa shape index (κ2) is 4.73. The van der Waals surface area contributed by atoms with Crippen molar-refractivity contribution in [1.29, 1.82) is 0 Å². The normalized spacial score (nSPS) is 10.3. The van der Waals surface area contributed by atoms with Gasteiger partial charge in [0.05, 0.1) is 0 Å². The lowest BCUT2D eigenvalue weighted by Gasteiger charge is -1.99. The van der Waals surface area contributed by atoms with Crippen molar-refractivity contribution in [2.24, 2.45) is 0 Å². The molecule has 0 saturated carbocycles. The maximum absolute atomic E-state index is 11.8. The molecule has 19 heavy (non-hydrogen) atoms. The van der Waals surface area contributed by atoms with E-state index < -0.39 is 5.91 Å². The van der Waals surface area contributed by atoms with Gasteiger partial charge < -0.3 is 14.3 Å². The van der Waals surface area contributed by atoms with E-state index in [2.05, 4.69) is 20.4 Å². The van der Waals surface area contributed by atoms with Gasteiger partial charge >= 0.3 is 11.8 Å². The molecule has 0 fully saturated rings. The van der Waals surface area contributed by atoms with Crippen molar-refractivity contribution in [2.75, 3.05) is 5.32 Å². The summed E-state index contributed by atoms with van der Waals surface area (Å²) in [6.07, 6.45) is 2.61. The van der Waals surface area contributed by atoms with Gasteiger partial charge in [-0.3, -0.25) is 4.79 Å². The summed E-state index contributed by atoms with van der Waals surface area (Å²) in [4.78, 5) is 19.6. The molecule has 1 N–H and O–H groups in total. The van der Waals surface area contributed by atoms with E-state index in [1.165, 1.54) is 12.7 Å². The number of hydrogen-bond donors (Lipinski definition) is 1. The summed E-state index contributed by atoms with van der Waals surface area (Å²) in [5.41, 5.74) is 1.05. The van der Waals surface area contributed by atoms with Crippen molar-refractivity contribution in [3.63, 3.8) is 0 Å².